The van der Waals surface area contributed by atoms with Gasteiger partial charge in [-0.3, -0.25) is 19.3 Å². The highest BCUT2D eigenvalue weighted by Gasteiger charge is 2.33. The van der Waals surface area contributed by atoms with Crippen LogP contribution < -0.4 is 15.4 Å². The molecule has 0 radical (unpaired) electrons. The Balaban J connectivity index is 1.40. The molecule has 28 heavy (non-hydrogen) atoms. The van der Waals surface area contributed by atoms with Gasteiger partial charge in [-0.15, -0.1) is 0 Å². The third-order valence-corrected chi connectivity index (χ3v) is 4.80. The number of urea groups is 1. The third-order valence-electron chi connectivity index (χ3n) is 4.80. The molecule has 5 amide bonds. The Bertz CT molecular complexity index is 723. The number of hydrogen-bond donors (Lipinski definition) is 2. The fourth-order valence-corrected chi connectivity index (χ4v) is 3.28. The van der Waals surface area contributed by atoms with E-state index in [1.165, 1.54) is 0 Å². The smallest absolute Gasteiger partial charge is 0.325 e. The molecule has 0 bridgehead atoms. The molecular weight excluding hydrogens is 364 g/mol. The lowest BCUT2D eigenvalue weighted by Crippen LogP contribution is -2.48. The van der Waals surface area contributed by atoms with E-state index in [-0.39, 0.29) is 37.4 Å². The van der Waals surface area contributed by atoms with E-state index in [1.807, 2.05) is 18.2 Å². The molecule has 0 saturated carbocycles. The zero-order valence-electron chi connectivity index (χ0n) is 15.6. The Morgan fingerprint density at radius 1 is 1.21 bits per heavy atom. The molecule has 2 aliphatic rings. The van der Waals surface area contributed by atoms with Crippen molar-refractivity contribution in [3.8, 4) is 5.75 Å². The number of imide groups is 1. The van der Waals surface area contributed by atoms with E-state index in [2.05, 4.69) is 10.6 Å². The predicted molar refractivity (Wildman–Crippen MR) is 99.4 cm³/mol. The lowest BCUT2D eigenvalue weighted by Gasteiger charge is -2.33. The Kier molecular flexibility index (Phi) is 6.46. The summed E-state index contributed by atoms with van der Waals surface area (Å²) in [6.07, 6.45) is 1.71. The standard InChI is InChI=1S/C19H24N4O5/c24-16(13-28-15-6-2-1-3-7-15)20-9-14-5-4-8-22(11-14)18(26)12-23-17(25)10-21-19(23)27/h1-3,6-7,14H,4-5,8-13H2,(H,20,24)(H,21,27). The van der Waals surface area contributed by atoms with Crippen molar-refractivity contribution in [2.75, 3.05) is 39.3 Å². The molecule has 2 saturated heterocycles. The zero-order valence-corrected chi connectivity index (χ0v) is 15.6. The van der Waals surface area contributed by atoms with Crippen LogP contribution in [0.15, 0.2) is 30.3 Å². The van der Waals surface area contributed by atoms with Gasteiger partial charge in [0.2, 0.25) is 5.91 Å². The first-order chi connectivity index (χ1) is 13.5. The van der Waals surface area contributed by atoms with Gasteiger partial charge in [0.15, 0.2) is 6.61 Å². The average molecular weight is 388 g/mol. The van der Waals surface area contributed by atoms with Gasteiger partial charge in [0.25, 0.3) is 11.8 Å². The van der Waals surface area contributed by atoms with Crippen molar-refractivity contribution in [1.29, 1.82) is 0 Å². The van der Waals surface area contributed by atoms with Crippen LogP contribution in [0.2, 0.25) is 0 Å². The second-order valence-corrected chi connectivity index (χ2v) is 6.89. The van der Waals surface area contributed by atoms with Crippen molar-refractivity contribution in [2.24, 2.45) is 5.92 Å². The molecule has 9 nitrogen and oxygen atoms in total. The highest BCUT2D eigenvalue weighted by Crippen LogP contribution is 2.16. The summed E-state index contributed by atoms with van der Waals surface area (Å²) in [5.41, 5.74) is 0. The number of ether oxygens (including phenoxy) is 1. The molecule has 0 aromatic heterocycles. The number of likely N-dealkylation sites (tertiary alicyclic amines) is 1. The summed E-state index contributed by atoms with van der Waals surface area (Å²) in [5.74, 6) is -0.105. The molecule has 9 heteroatoms. The average Bonchev–Trinajstić information content (AvgIpc) is 3.03. The van der Waals surface area contributed by atoms with E-state index in [9.17, 15) is 19.2 Å². The van der Waals surface area contributed by atoms with Crippen LogP contribution in [-0.4, -0.2) is 72.9 Å². The van der Waals surface area contributed by atoms with Gasteiger partial charge in [0.1, 0.15) is 12.3 Å². The molecule has 0 spiro atoms. The van der Waals surface area contributed by atoms with E-state index >= 15 is 0 Å². The van der Waals surface area contributed by atoms with Crippen molar-refractivity contribution in [1.82, 2.24) is 20.4 Å². The highest BCUT2D eigenvalue weighted by molar-refractivity contribution is 6.04. The molecule has 2 aliphatic heterocycles. The van der Waals surface area contributed by atoms with Crippen molar-refractivity contribution < 1.29 is 23.9 Å². The summed E-state index contributed by atoms with van der Waals surface area (Å²) in [4.78, 5) is 50.2. The molecule has 1 atom stereocenters. The van der Waals surface area contributed by atoms with Crippen molar-refractivity contribution in [3.05, 3.63) is 30.3 Å². The van der Waals surface area contributed by atoms with Crippen molar-refractivity contribution in [3.63, 3.8) is 0 Å². The Hall–Kier alpha value is -3.10. The number of nitrogens with one attached hydrogen (secondary N) is 2. The zero-order chi connectivity index (χ0) is 19.9. The molecule has 2 N–H and O–H groups in total. The van der Waals surface area contributed by atoms with Crippen LogP contribution in [0.4, 0.5) is 4.79 Å². The fraction of sp³-hybridized carbons (Fsp3) is 0.474. The maximum absolute atomic E-state index is 12.4. The van der Waals surface area contributed by atoms with Crippen LogP contribution in [-0.2, 0) is 14.4 Å². The van der Waals surface area contributed by atoms with Crippen LogP contribution >= 0.6 is 0 Å². The number of rotatable bonds is 7. The quantitative estimate of drug-likeness (QED) is 0.638. The first kappa shape index (κ1) is 19.7. The fourth-order valence-electron chi connectivity index (χ4n) is 3.28. The van der Waals surface area contributed by atoms with Gasteiger partial charge in [-0.05, 0) is 30.9 Å². The molecule has 1 aromatic rings. The van der Waals surface area contributed by atoms with Crippen molar-refractivity contribution in [2.45, 2.75) is 12.8 Å². The second kappa shape index (κ2) is 9.20. The number of benzene rings is 1. The lowest BCUT2D eigenvalue weighted by atomic mass is 9.98. The maximum Gasteiger partial charge on any atom is 0.325 e. The molecule has 1 aromatic carbocycles. The minimum absolute atomic E-state index is 0.0637. The number of carbonyl (C=O) groups excluding carboxylic acids is 4. The Morgan fingerprint density at radius 2 is 2.00 bits per heavy atom. The van der Waals surface area contributed by atoms with Crippen LogP contribution in [0.1, 0.15) is 12.8 Å². The summed E-state index contributed by atoms with van der Waals surface area (Å²) >= 11 is 0. The Labute approximate surface area is 163 Å². The number of hydrogen-bond acceptors (Lipinski definition) is 5. The first-order valence-electron chi connectivity index (χ1n) is 9.33. The summed E-state index contributed by atoms with van der Waals surface area (Å²) in [6.45, 7) is 1.16. The second-order valence-electron chi connectivity index (χ2n) is 6.89. The predicted octanol–water partition coefficient (Wildman–Crippen LogP) is -0.0280. The van der Waals surface area contributed by atoms with Gasteiger partial charge in [-0.1, -0.05) is 18.2 Å². The van der Waals surface area contributed by atoms with E-state index in [0.717, 1.165) is 17.7 Å². The van der Waals surface area contributed by atoms with Crippen LogP contribution in [0, 0.1) is 5.92 Å². The SMILES string of the molecule is O=C(COc1ccccc1)NCC1CCCN(C(=O)CN2C(=O)CNC2=O)C1. The summed E-state index contributed by atoms with van der Waals surface area (Å²) in [5, 5.41) is 5.24. The van der Waals surface area contributed by atoms with Crippen molar-refractivity contribution >= 4 is 23.8 Å². The number of carbonyl (C=O) groups is 4. The molecule has 3 rings (SSSR count). The minimum atomic E-state index is -0.530. The number of nitrogens with zero attached hydrogens (tertiary/aromatic N) is 2. The van der Waals surface area contributed by atoms with E-state index < -0.39 is 11.9 Å². The molecule has 2 heterocycles. The maximum atomic E-state index is 12.4. The largest absolute Gasteiger partial charge is 0.484 e. The number of piperidine rings is 1. The number of para-hydroxylation sites is 1. The minimum Gasteiger partial charge on any atom is -0.484 e. The third kappa shape index (κ3) is 5.21. The van der Waals surface area contributed by atoms with Gasteiger partial charge in [-0.25, -0.2) is 4.79 Å². The van der Waals surface area contributed by atoms with Gasteiger partial charge in [0, 0.05) is 19.6 Å². The highest BCUT2D eigenvalue weighted by atomic mass is 16.5. The molecular formula is C19H24N4O5. The van der Waals surface area contributed by atoms with Gasteiger partial charge in [-0.2, -0.15) is 0 Å². The molecule has 0 aliphatic carbocycles. The van der Waals surface area contributed by atoms with E-state index in [1.54, 1.807) is 17.0 Å². The van der Waals surface area contributed by atoms with E-state index in [4.69, 9.17) is 4.74 Å². The summed E-state index contributed by atoms with van der Waals surface area (Å²) in [6, 6.07) is 8.57. The molecule has 1 unspecified atom stereocenters. The van der Waals surface area contributed by atoms with Gasteiger partial charge < -0.3 is 20.3 Å². The lowest BCUT2D eigenvalue weighted by molar-refractivity contribution is -0.137. The number of amides is 5. The normalized spacial score (nSPS) is 19.4. The van der Waals surface area contributed by atoms with Crippen LogP contribution in [0.5, 0.6) is 5.75 Å². The molecule has 2 fully saturated rings. The van der Waals surface area contributed by atoms with Gasteiger partial charge >= 0.3 is 6.03 Å². The van der Waals surface area contributed by atoms with Crippen LogP contribution in [0.25, 0.3) is 0 Å². The molecule has 150 valence electrons. The monoisotopic (exact) mass is 388 g/mol. The van der Waals surface area contributed by atoms with Gasteiger partial charge in [0.05, 0.1) is 6.54 Å². The van der Waals surface area contributed by atoms with E-state index in [0.29, 0.717) is 25.4 Å². The topological polar surface area (TPSA) is 108 Å². The Morgan fingerprint density at radius 3 is 2.71 bits per heavy atom. The first-order valence-corrected chi connectivity index (χ1v) is 9.33. The van der Waals surface area contributed by atoms with Crippen LogP contribution in [0.3, 0.4) is 0 Å². The summed E-state index contributed by atoms with van der Waals surface area (Å²) in [7, 11) is 0. The summed E-state index contributed by atoms with van der Waals surface area (Å²) < 4.78 is 5.41.